The molecular formula is C14H12N4O3S. The smallest absolute Gasteiger partial charge is 0.303 e. The molecule has 1 N–H and O–H groups in total. The summed E-state index contributed by atoms with van der Waals surface area (Å²) in [6, 6.07) is 9.58. The van der Waals surface area contributed by atoms with E-state index in [1.54, 1.807) is 0 Å². The van der Waals surface area contributed by atoms with Gasteiger partial charge in [0.15, 0.2) is 0 Å². The van der Waals surface area contributed by atoms with E-state index < -0.39 is 11.5 Å². The van der Waals surface area contributed by atoms with Crippen LogP contribution in [0.15, 0.2) is 45.4 Å². The first-order valence-electron chi connectivity index (χ1n) is 6.61. The van der Waals surface area contributed by atoms with Crippen molar-refractivity contribution in [2.24, 2.45) is 5.10 Å². The number of hydrogen-bond donors (Lipinski definition) is 1. The molecular weight excluding hydrogens is 304 g/mol. The molecule has 0 spiro atoms. The largest absolute Gasteiger partial charge is 0.481 e. The molecule has 0 aliphatic carbocycles. The minimum atomic E-state index is -0.980. The third kappa shape index (κ3) is 2.91. The lowest BCUT2D eigenvalue weighted by molar-refractivity contribution is -0.136. The van der Waals surface area contributed by atoms with Gasteiger partial charge in [0.05, 0.1) is 12.1 Å². The summed E-state index contributed by atoms with van der Waals surface area (Å²) < 4.78 is 1.21. The van der Waals surface area contributed by atoms with E-state index in [-0.39, 0.29) is 18.5 Å². The third-order valence-electron chi connectivity index (χ3n) is 3.12. The quantitative estimate of drug-likeness (QED) is 0.904. The number of thioether (sulfide) groups is 1. The number of aromatic nitrogens is 3. The van der Waals surface area contributed by atoms with Gasteiger partial charge in [-0.15, -0.1) is 10.2 Å². The predicted molar refractivity (Wildman–Crippen MR) is 81.3 cm³/mol. The minimum absolute atomic E-state index is 0.0440. The molecule has 8 heteroatoms. The highest BCUT2D eigenvalue weighted by Crippen LogP contribution is 2.20. The first kappa shape index (κ1) is 14.5. The monoisotopic (exact) mass is 316 g/mol. The van der Waals surface area contributed by atoms with Gasteiger partial charge >= 0.3 is 5.97 Å². The average Bonchev–Trinajstić information content (AvgIpc) is 2.55. The lowest BCUT2D eigenvalue weighted by Crippen LogP contribution is -2.30. The maximum Gasteiger partial charge on any atom is 0.303 e. The van der Waals surface area contributed by atoms with Crippen molar-refractivity contribution in [3.8, 4) is 0 Å². The summed E-state index contributed by atoms with van der Waals surface area (Å²) in [4.78, 5) is 23.0. The molecule has 0 saturated carbocycles. The number of fused-ring (bicyclic) bond motifs is 1. The molecule has 1 aromatic heterocycles. The molecule has 112 valence electrons. The molecule has 0 unspecified atom stereocenters. The summed E-state index contributed by atoms with van der Waals surface area (Å²) in [7, 11) is 0. The van der Waals surface area contributed by atoms with Crippen molar-refractivity contribution in [2.75, 3.05) is 5.75 Å². The van der Waals surface area contributed by atoms with Crippen molar-refractivity contribution in [3.05, 3.63) is 51.9 Å². The predicted octanol–water partition coefficient (Wildman–Crippen LogP) is 1.01. The fourth-order valence-electron chi connectivity index (χ4n) is 2.01. The lowest BCUT2D eigenvalue weighted by Gasteiger charge is -2.15. The van der Waals surface area contributed by atoms with Crippen LogP contribution in [0.1, 0.15) is 17.7 Å². The molecule has 0 amide bonds. The van der Waals surface area contributed by atoms with Crippen molar-refractivity contribution in [1.82, 2.24) is 14.9 Å². The van der Waals surface area contributed by atoms with Crippen LogP contribution in [-0.2, 0) is 11.2 Å². The molecule has 3 rings (SSSR count). The molecule has 1 aliphatic rings. The highest BCUT2D eigenvalue weighted by atomic mass is 32.2. The minimum Gasteiger partial charge on any atom is -0.481 e. The number of carbonyl (C=O) groups is 1. The van der Waals surface area contributed by atoms with Gasteiger partial charge in [-0.05, 0) is 5.56 Å². The number of nitrogens with zero attached hydrogens (tertiary/aromatic N) is 4. The molecule has 0 radical (unpaired) electrons. The Bertz CT molecular complexity index is 801. The van der Waals surface area contributed by atoms with Crippen LogP contribution in [0.2, 0.25) is 0 Å². The zero-order valence-electron chi connectivity index (χ0n) is 11.5. The van der Waals surface area contributed by atoms with Gasteiger partial charge in [-0.2, -0.15) is 9.78 Å². The standard InChI is InChI=1S/C14H12N4O3S/c19-12(20)7-6-10-13(21)18-14(16-15-10)22-8-11(17-18)9-4-2-1-3-5-9/h1-5H,6-8H2,(H,19,20). The van der Waals surface area contributed by atoms with Crippen molar-refractivity contribution >= 4 is 23.4 Å². The van der Waals surface area contributed by atoms with Gasteiger partial charge in [0.1, 0.15) is 5.69 Å². The van der Waals surface area contributed by atoms with Crippen molar-refractivity contribution in [2.45, 2.75) is 18.0 Å². The molecule has 7 nitrogen and oxygen atoms in total. The topological polar surface area (TPSA) is 97.4 Å². The van der Waals surface area contributed by atoms with Gasteiger partial charge < -0.3 is 5.11 Å². The summed E-state index contributed by atoms with van der Waals surface area (Å²) in [6.07, 6.45) is -0.117. The molecule has 2 heterocycles. The fourth-order valence-corrected chi connectivity index (χ4v) is 2.85. The number of aryl methyl sites for hydroxylation is 1. The Morgan fingerprint density at radius 3 is 2.77 bits per heavy atom. The van der Waals surface area contributed by atoms with Gasteiger partial charge in [-0.1, -0.05) is 42.1 Å². The van der Waals surface area contributed by atoms with Crippen molar-refractivity contribution in [1.29, 1.82) is 0 Å². The van der Waals surface area contributed by atoms with Crippen molar-refractivity contribution < 1.29 is 9.90 Å². The van der Waals surface area contributed by atoms with E-state index >= 15 is 0 Å². The zero-order chi connectivity index (χ0) is 15.5. The highest BCUT2D eigenvalue weighted by molar-refractivity contribution is 7.99. The lowest BCUT2D eigenvalue weighted by atomic mass is 10.1. The summed E-state index contributed by atoms with van der Waals surface area (Å²) in [6.45, 7) is 0. The molecule has 0 atom stereocenters. The van der Waals surface area contributed by atoms with Crippen LogP contribution in [0.3, 0.4) is 0 Å². The molecule has 0 fully saturated rings. The highest BCUT2D eigenvalue weighted by Gasteiger charge is 2.19. The number of rotatable bonds is 4. The molecule has 0 saturated heterocycles. The molecule has 2 aromatic rings. The fraction of sp³-hybridized carbons (Fsp3) is 0.214. The van der Waals surface area contributed by atoms with E-state index in [0.717, 1.165) is 11.3 Å². The van der Waals surface area contributed by atoms with Gasteiger partial charge in [0.25, 0.3) is 5.56 Å². The van der Waals surface area contributed by atoms with Gasteiger partial charge in [0, 0.05) is 12.2 Å². The zero-order valence-corrected chi connectivity index (χ0v) is 12.3. The normalized spacial score (nSPS) is 13.4. The van der Waals surface area contributed by atoms with Gasteiger partial charge in [-0.3, -0.25) is 9.59 Å². The van der Waals surface area contributed by atoms with Gasteiger partial charge in [0.2, 0.25) is 5.16 Å². The molecule has 22 heavy (non-hydrogen) atoms. The number of carboxylic acid groups (broad SMARTS) is 1. The van der Waals surface area contributed by atoms with E-state index in [1.165, 1.54) is 16.4 Å². The second kappa shape index (κ2) is 6.10. The average molecular weight is 316 g/mol. The van der Waals surface area contributed by atoms with Crippen LogP contribution in [0, 0.1) is 0 Å². The maximum atomic E-state index is 12.4. The third-order valence-corrected chi connectivity index (χ3v) is 4.05. The van der Waals surface area contributed by atoms with Crippen LogP contribution in [-0.4, -0.2) is 37.4 Å². The Kier molecular flexibility index (Phi) is 4.01. The number of aliphatic carboxylic acids is 1. The van der Waals surface area contributed by atoms with Crippen molar-refractivity contribution in [3.63, 3.8) is 0 Å². The van der Waals surface area contributed by atoms with E-state index in [1.807, 2.05) is 30.3 Å². The second-order valence-electron chi connectivity index (χ2n) is 4.64. The van der Waals surface area contributed by atoms with Crippen LogP contribution in [0.25, 0.3) is 0 Å². The summed E-state index contributed by atoms with van der Waals surface area (Å²) in [5.74, 6) is -0.376. The van der Waals surface area contributed by atoms with E-state index in [2.05, 4.69) is 15.3 Å². The van der Waals surface area contributed by atoms with Crippen LogP contribution in [0.5, 0.6) is 0 Å². The Morgan fingerprint density at radius 1 is 1.27 bits per heavy atom. The number of benzene rings is 1. The van der Waals surface area contributed by atoms with E-state index in [9.17, 15) is 9.59 Å². The maximum absolute atomic E-state index is 12.4. The first-order valence-corrected chi connectivity index (χ1v) is 7.60. The van der Waals surface area contributed by atoms with E-state index in [0.29, 0.717) is 10.9 Å². The number of carboxylic acids is 1. The first-order chi connectivity index (χ1) is 10.6. The SMILES string of the molecule is O=C(O)CCc1nnc2n(c1=O)N=C(c1ccccc1)CS2. The molecule has 0 bridgehead atoms. The Balaban J connectivity index is 1.99. The number of hydrogen-bond acceptors (Lipinski definition) is 6. The Morgan fingerprint density at radius 2 is 2.05 bits per heavy atom. The second-order valence-corrected chi connectivity index (χ2v) is 5.58. The van der Waals surface area contributed by atoms with Gasteiger partial charge in [-0.25, -0.2) is 0 Å². The molecule has 1 aromatic carbocycles. The van der Waals surface area contributed by atoms with E-state index in [4.69, 9.17) is 5.11 Å². The van der Waals surface area contributed by atoms with Crippen LogP contribution >= 0.6 is 11.8 Å². The van der Waals surface area contributed by atoms with Crippen LogP contribution < -0.4 is 5.56 Å². The van der Waals surface area contributed by atoms with Crippen LogP contribution in [0.4, 0.5) is 0 Å². The Labute approximate surface area is 129 Å². The molecule has 1 aliphatic heterocycles. The summed E-state index contributed by atoms with van der Waals surface area (Å²) >= 11 is 1.38. The summed E-state index contributed by atoms with van der Waals surface area (Å²) in [5, 5.41) is 21.3. The summed E-state index contributed by atoms with van der Waals surface area (Å²) in [5.41, 5.74) is 1.42. The Hall–Kier alpha value is -2.48.